The number of sulfonamides is 1. The normalized spacial score (nSPS) is 13.8. The van der Waals surface area contributed by atoms with Crippen LogP contribution in [0.15, 0.2) is 29.1 Å². The molecule has 1 unspecified atom stereocenters. The fraction of sp³-hybridized carbons (Fsp3) is 0.250. The number of nitrogens with one attached hydrogen (secondary N) is 2. The van der Waals surface area contributed by atoms with Crippen LogP contribution in [0.5, 0.6) is 0 Å². The molecule has 0 aliphatic carbocycles. The van der Waals surface area contributed by atoms with Gasteiger partial charge in [-0.1, -0.05) is 0 Å². The molecule has 2 N–H and O–H groups in total. The molecule has 2 heterocycles. The van der Waals surface area contributed by atoms with Gasteiger partial charge in [0.2, 0.25) is 0 Å². The SMILES string of the molecule is CC(NS(=O)(=O)c1cnc[nH]1)c1nccs1. The Morgan fingerprint density at radius 2 is 2.38 bits per heavy atom. The summed E-state index contributed by atoms with van der Waals surface area (Å²) in [6, 6.07) is -0.353. The molecule has 0 radical (unpaired) electrons. The highest BCUT2D eigenvalue weighted by atomic mass is 32.2. The molecule has 8 heteroatoms. The van der Waals surface area contributed by atoms with E-state index in [0.717, 1.165) is 5.01 Å². The second-order valence-electron chi connectivity index (χ2n) is 3.13. The molecule has 0 fully saturated rings. The highest BCUT2D eigenvalue weighted by Gasteiger charge is 2.20. The second-order valence-corrected chi connectivity index (χ2v) is 5.74. The maximum atomic E-state index is 11.8. The molecule has 0 saturated heterocycles. The summed E-state index contributed by atoms with van der Waals surface area (Å²) in [4.78, 5) is 10.3. The van der Waals surface area contributed by atoms with Gasteiger partial charge in [0.15, 0.2) is 5.03 Å². The molecule has 0 aromatic carbocycles. The quantitative estimate of drug-likeness (QED) is 0.853. The van der Waals surface area contributed by atoms with Crippen molar-refractivity contribution in [3.63, 3.8) is 0 Å². The summed E-state index contributed by atoms with van der Waals surface area (Å²) >= 11 is 1.41. The number of aromatic amines is 1. The van der Waals surface area contributed by atoms with Crippen LogP contribution >= 0.6 is 11.3 Å². The van der Waals surface area contributed by atoms with E-state index in [9.17, 15) is 8.42 Å². The maximum Gasteiger partial charge on any atom is 0.258 e. The average Bonchev–Trinajstić information content (AvgIpc) is 2.91. The molecule has 2 aromatic heterocycles. The summed E-state index contributed by atoms with van der Waals surface area (Å²) in [5.74, 6) is 0. The highest BCUT2D eigenvalue weighted by molar-refractivity contribution is 7.89. The minimum atomic E-state index is -3.54. The number of H-pyrrole nitrogens is 1. The lowest BCUT2D eigenvalue weighted by Crippen LogP contribution is -2.27. The predicted octanol–water partition coefficient (Wildman–Crippen LogP) is 0.906. The van der Waals surface area contributed by atoms with Gasteiger partial charge in [0.05, 0.1) is 18.6 Å². The van der Waals surface area contributed by atoms with Gasteiger partial charge < -0.3 is 4.98 Å². The zero-order valence-corrected chi connectivity index (χ0v) is 10.0. The van der Waals surface area contributed by atoms with Gasteiger partial charge in [0.1, 0.15) is 5.01 Å². The van der Waals surface area contributed by atoms with Gasteiger partial charge in [-0.2, -0.15) is 0 Å². The van der Waals surface area contributed by atoms with Crippen molar-refractivity contribution in [2.24, 2.45) is 0 Å². The number of aromatic nitrogens is 3. The molecule has 0 aliphatic rings. The summed E-state index contributed by atoms with van der Waals surface area (Å²) in [6.45, 7) is 1.74. The molecule has 16 heavy (non-hydrogen) atoms. The van der Waals surface area contributed by atoms with Gasteiger partial charge in [0, 0.05) is 11.6 Å². The molecule has 2 aromatic rings. The van der Waals surface area contributed by atoms with Crippen molar-refractivity contribution in [3.05, 3.63) is 29.1 Å². The Bertz CT molecular complexity index is 533. The van der Waals surface area contributed by atoms with Crippen molar-refractivity contribution in [2.75, 3.05) is 0 Å². The van der Waals surface area contributed by atoms with Crippen LogP contribution in [0.25, 0.3) is 0 Å². The monoisotopic (exact) mass is 258 g/mol. The summed E-state index contributed by atoms with van der Waals surface area (Å²) in [5.41, 5.74) is 0. The Kier molecular flexibility index (Phi) is 3.03. The molecule has 0 amide bonds. The molecule has 0 aliphatic heterocycles. The van der Waals surface area contributed by atoms with E-state index < -0.39 is 10.0 Å². The topological polar surface area (TPSA) is 87.7 Å². The number of imidazole rings is 1. The molecule has 0 spiro atoms. The van der Waals surface area contributed by atoms with E-state index in [-0.39, 0.29) is 11.1 Å². The Balaban J connectivity index is 2.16. The van der Waals surface area contributed by atoms with Crippen LogP contribution in [0.2, 0.25) is 0 Å². The number of hydrogen-bond acceptors (Lipinski definition) is 5. The highest BCUT2D eigenvalue weighted by Crippen LogP contribution is 2.17. The first-order valence-electron chi connectivity index (χ1n) is 4.49. The smallest absolute Gasteiger partial charge is 0.258 e. The first kappa shape index (κ1) is 11.2. The number of hydrogen-bond donors (Lipinski definition) is 2. The zero-order chi connectivity index (χ0) is 11.6. The Morgan fingerprint density at radius 3 is 2.94 bits per heavy atom. The first-order chi connectivity index (χ1) is 7.59. The van der Waals surface area contributed by atoms with E-state index in [0.29, 0.717) is 0 Å². The van der Waals surface area contributed by atoms with Crippen LogP contribution in [0, 0.1) is 0 Å². The van der Waals surface area contributed by atoms with E-state index in [1.54, 1.807) is 18.5 Å². The van der Waals surface area contributed by atoms with Crippen molar-refractivity contribution in [2.45, 2.75) is 18.0 Å². The van der Waals surface area contributed by atoms with E-state index in [4.69, 9.17) is 0 Å². The Hall–Kier alpha value is -1.25. The molecule has 2 rings (SSSR count). The van der Waals surface area contributed by atoms with Crippen molar-refractivity contribution in [1.29, 1.82) is 0 Å². The maximum absolute atomic E-state index is 11.8. The molecular formula is C8H10N4O2S2. The minimum Gasteiger partial charge on any atom is -0.335 e. The Morgan fingerprint density at radius 1 is 1.56 bits per heavy atom. The fourth-order valence-corrected chi connectivity index (χ4v) is 3.02. The fourth-order valence-electron chi connectivity index (χ4n) is 1.19. The predicted molar refractivity (Wildman–Crippen MR) is 59.4 cm³/mol. The standard InChI is InChI=1S/C8H10N4O2S2/c1-6(8-10-2-3-15-8)12-16(13,14)7-4-9-5-11-7/h2-6,12H,1H3,(H,9,11). The molecule has 0 bridgehead atoms. The second kappa shape index (κ2) is 4.32. The van der Waals surface area contributed by atoms with E-state index in [2.05, 4.69) is 19.7 Å². The van der Waals surface area contributed by atoms with E-state index in [1.807, 2.05) is 0 Å². The zero-order valence-electron chi connectivity index (χ0n) is 8.41. The van der Waals surface area contributed by atoms with Gasteiger partial charge in [-0.3, -0.25) is 0 Å². The summed E-state index contributed by atoms with van der Waals surface area (Å²) in [7, 11) is -3.54. The molecular weight excluding hydrogens is 248 g/mol. The first-order valence-corrected chi connectivity index (χ1v) is 6.86. The van der Waals surface area contributed by atoms with Crippen molar-refractivity contribution >= 4 is 21.4 Å². The summed E-state index contributed by atoms with van der Waals surface area (Å²) < 4.78 is 26.1. The van der Waals surface area contributed by atoms with Crippen LogP contribution < -0.4 is 4.72 Å². The lowest BCUT2D eigenvalue weighted by Gasteiger charge is -2.10. The number of rotatable bonds is 4. The van der Waals surface area contributed by atoms with Crippen molar-refractivity contribution in [3.8, 4) is 0 Å². The average molecular weight is 258 g/mol. The lowest BCUT2D eigenvalue weighted by atomic mass is 10.4. The molecule has 0 saturated carbocycles. The van der Waals surface area contributed by atoms with Crippen LogP contribution in [0.3, 0.4) is 0 Å². The van der Waals surface area contributed by atoms with Crippen LogP contribution in [-0.2, 0) is 10.0 Å². The van der Waals surface area contributed by atoms with Gasteiger partial charge in [-0.25, -0.2) is 23.1 Å². The van der Waals surface area contributed by atoms with Gasteiger partial charge in [-0.15, -0.1) is 11.3 Å². The van der Waals surface area contributed by atoms with Gasteiger partial charge >= 0.3 is 0 Å². The van der Waals surface area contributed by atoms with Gasteiger partial charge in [0.25, 0.3) is 10.0 Å². The largest absolute Gasteiger partial charge is 0.335 e. The van der Waals surface area contributed by atoms with E-state index in [1.165, 1.54) is 23.9 Å². The number of thiazole rings is 1. The molecule has 6 nitrogen and oxygen atoms in total. The summed E-state index contributed by atoms with van der Waals surface area (Å²) in [5, 5.41) is 2.58. The van der Waals surface area contributed by atoms with Crippen LogP contribution in [0.1, 0.15) is 18.0 Å². The van der Waals surface area contributed by atoms with Gasteiger partial charge in [-0.05, 0) is 6.92 Å². The van der Waals surface area contributed by atoms with Crippen LogP contribution in [-0.4, -0.2) is 23.4 Å². The van der Waals surface area contributed by atoms with Crippen LogP contribution in [0.4, 0.5) is 0 Å². The third-order valence-electron chi connectivity index (χ3n) is 1.92. The minimum absolute atomic E-state index is 0.0518. The lowest BCUT2D eigenvalue weighted by molar-refractivity contribution is 0.563. The third-order valence-corrected chi connectivity index (χ3v) is 4.34. The molecule has 1 atom stereocenters. The molecule has 86 valence electrons. The third kappa shape index (κ3) is 2.29. The Labute approximate surface area is 96.8 Å². The van der Waals surface area contributed by atoms with E-state index >= 15 is 0 Å². The van der Waals surface area contributed by atoms with Crippen molar-refractivity contribution < 1.29 is 8.42 Å². The summed E-state index contributed by atoms with van der Waals surface area (Å²) in [6.07, 6.45) is 4.22. The van der Waals surface area contributed by atoms with Crippen molar-refractivity contribution in [1.82, 2.24) is 19.7 Å². The number of nitrogens with zero attached hydrogens (tertiary/aromatic N) is 2.